The number of nitrogens with one attached hydrogen (secondary N) is 1. The van der Waals surface area contributed by atoms with E-state index < -0.39 is 5.97 Å². The van der Waals surface area contributed by atoms with Gasteiger partial charge in [0.05, 0.1) is 30.7 Å². The van der Waals surface area contributed by atoms with Crippen LogP contribution in [0.1, 0.15) is 26.4 Å². The van der Waals surface area contributed by atoms with Crippen molar-refractivity contribution in [2.75, 3.05) is 14.2 Å². The van der Waals surface area contributed by atoms with Gasteiger partial charge in [0, 0.05) is 0 Å². The lowest BCUT2D eigenvalue weighted by atomic mass is 10.1. The van der Waals surface area contributed by atoms with E-state index in [2.05, 4.69) is 9.72 Å². The number of H-pyrrole nitrogens is 1. The summed E-state index contributed by atoms with van der Waals surface area (Å²) in [5, 5.41) is 0.605. The van der Waals surface area contributed by atoms with Gasteiger partial charge in [0.25, 0.3) is 0 Å². The first-order valence-electron chi connectivity index (χ1n) is 5.36. The normalized spacial score (nSPS) is 10.4. The van der Waals surface area contributed by atoms with Crippen LogP contribution in [0.2, 0.25) is 0 Å². The van der Waals surface area contributed by atoms with Crippen LogP contribution in [0.5, 0.6) is 5.75 Å². The van der Waals surface area contributed by atoms with Crippen molar-refractivity contribution in [3.8, 4) is 5.75 Å². The minimum Gasteiger partial charge on any atom is -0.496 e. The molecule has 0 fully saturated rings. The van der Waals surface area contributed by atoms with E-state index in [0.29, 0.717) is 22.9 Å². The van der Waals surface area contributed by atoms with Crippen LogP contribution >= 0.6 is 0 Å². The molecule has 2 rings (SSSR count). The van der Waals surface area contributed by atoms with E-state index in [4.69, 9.17) is 4.74 Å². The second-order valence-electron chi connectivity index (χ2n) is 3.86. The Morgan fingerprint density at radius 1 is 1.33 bits per heavy atom. The monoisotopic (exact) mass is 247 g/mol. The minimum absolute atomic E-state index is 0.148. The number of aromatic amines is 1. The van der Waals surface area contributed by atoms with Gasteiger partial charge in [-0.1, -0.05) is 6.07 Å². The summed E-state index contributed by atoms with van der Waals surface area (Å²) in [6.07, 6.45) is 0.632. The highest BCUT2D eigenvalue weighted by Crippen LogP contribution is 2.32. The maximum Gasteiger partial charge on any atom is 0.355 e. The summed E-state index contributed by atoms with van der Waals surface area (Å²) < 4.78 is 9.87. The summed E-state index contributed by atoms with van der Waals surface area (Å²) in [5.41, 5.74) is 2.04. The van der Waals surface area contributed by atoms with Crippen LogP contribution in [0.4, 0.5) is 0 Å². The van der Waals surface area contributed by atoms with E-state index in [1.807, 2.05) is 13.0 Å². The summed E-state index contributed by atoms with van der Waals surface area (Å²) in [4.78, 5) is 25.8. The maximum atomic E-state index is 11.6. The van der Waals surface area contributed by atoms with Gasteiger partial charge in [-0.05, 0) is 18.6 Å². The number of rotatable bonds is 3. The zero-order chi connectivity index (χ0) is 13.3. The molecule has 0 aliphatic rings. The highest BCUT2D eigenvalue weighted by atomic mass is 16.5. The van der Waals surface area contributed by atoms with Crippen molar-refractivity contribution in [1.82, 2.24) is 4.98 Å². The standard InChI is InChI=1S/C13H13NO4/c1-7-4-5-9(17-2)10-8(6-15)12(13(16)18-3)14-11(7)10/h4-6,14H,1-3H3. The van der Waals surface area contributed by atoms with Gasteiger partial charge in [0.2, 0.25) is 0 Å². The molecule has 18 heavy (non-hydrogen) atoms. The molecule has 0 amide bonds. The van der Waals surface area contributed by atoms with Crippen LogP contribution in [-0.2, 0) is 4.74 Å². The third-order valence-corrected chi connectivity index (χ3v) is 2.89. The average molecular weight is 247 g/mol. The molecule has 0 bridgehead atoms. The molecule has 1 N–H and O–H groups in total. The number of carbonyl (C=O) groups is 2. The van der Waals surface area contributed by atoms with Crippen LogP contribution in [0, 0.1) is 6.92 Å². The molecule has 5 heteroatoms. The van der Waals surface area contributed by atoms with E-state index in [1.54, 1.807) is 6.07 Å². The summed E-state index contributed by atoms with van der Waals surface area (Å²) in [6, 6.07) is 3.62. The highest BCUT2D eigenvalue weighted by Gasteiger charge is 2.21. The van der Waals surface area contributed by atoms with Crippen molar-refractivity contribution in [2.24, 2.45) is 0 Å². The zero-order valence-electron chi connectivity index (χ0n) is 10.4. The molecule has 1 aromatic heterocycles. The molecule has 0 atom stereocenters. The predicted molar refractivity (Wildman–Crippen MR) is 66.3 cm³/mol. The molecular formula is C13H13NO4. The van der Waals surface area contributed by atoms with Gasteiger partial charge in [-0.2, -0.15) is 0 Å². The third kappa shape index (κ3) is 1.64. The SMILES string of the molecule is COC(=O)c1[nH]c2c(C)ccc(OC)c2c1C=O. The number of methoxy groups -OCH3 is 2. The van der Waals surface area contributed by atoms with Gasteiger partial charge in [-0.15, -0.1) is 0 Å². The van der Waals surface area contributed by atoms with E-state index in [9.17, 15) is 9.59 Å². The van der Waals surface area contributed by atoms with Crippen LogP contribution in [0.3, 0.4) is 0 Å². The summed E-state index contributed by atoms with van der Waals surface area (Å²) in [5.74, 6) is -0.0288. The lowest BCUT2D eigenvalue weighted by Gasteiger charge is -2.03. The van der Waals surface area contributed by atoms with E-state index in [-0.39, 0.29) is 11.3 Å². The topological polar surface area (TPSA) is 68.4 Å². The molecular weight excluding hydrogens is 234 g/mol. The van der Waals surface area contributed by atoms with Crippen LogP contribution in [0.25, 0.3) is 10.9 Å². The molecule has 0 spiro atoms. The van der Waals surface area contributed by atoms with Crippen molar-refractivity contribution < 1.29 is 19.1 Å². The number of benzene rings is 1. The molecule has 0 aliphatic carbocycles. The fourth-order valence-electron chi connectivity index (χ4n) is 1.98. The quantitative estimate of drug-likeness (QED) is 0.666. The molecule has 5 nitrogen and oxygen atoms in total. The highest BCUT2D eigenvalue weighted by molar-refractivity contribution is 6.10. The lowest BCUT2D eigenvalue weighted by Crippen LogP contribution is -2.04. The van der Waals surface area contributed by atoms with Gasteiger partial charge < -0.3 is 14.5 Å². The number of ether oxygens (including phenoxy) is 2. The Morgan fingerprint density at radius 3 is 2.61 bits per heavy atom. The number of fused-ring (bicyclic) bond motifs is 1. The average Bonchev–Trinajstić information content (AvgIpc) is 2.78. The third-order valence-electron chi connectivity index (χ3n) is 2.89. The molecule has 0 unspecified atom stereocenters. The molecule has 0 saturated heterocycles. The molecule has 0 aliphatic heterocycles. The van der Waals surface area contributed by atoms with Crippen LogP contribution < -0.4 is 4.74 Å². The van der Waals surface area contributed by atoms with E-state index >= 15 is 0 Å². The first kappa shape index (κ1) is 12.2. The Labute approximate surface area is 104 Å². The number of aldehydes is 1. The van der Waals surface area contributed by atoms with Crippen molar-refractivity contribution in [3.63, 3.8) is 0 Å². The second-order valence-corrected chi connectivity index (χ2v) is 3.86. The molecule has 1 heterocycles. The van der Waals surface area contributed by atoms with Gasteiger partial charge in [0.1, 0.15) is 11.4 Å². The van der Waals surface area contributed by atoms with Crippen LogP contribution in [-0.4, -0.2) is 31.5 Å². The zero-order valence-corrected chi connectivity index (χ0v) is 10.4. The van der Waals surface area contributed by atoms with E-state index in [1.165, 1.54) is 14.2 Å². The number of hydrogen-bond acceptors (Lipinski definition) is 4. The maximum absolute atomic E-state index is 11.6. The summed E-state index contributed by atoms with van der Waals surface area (Å²) in [6.45, 7) is 1.88. The Hall–Kier alpha value is -2.30. The van der Waals surface area contributed by atoms with Gasteiger partial charge in [-0.3, -0.25) is 4.79 Å². The van der Waals surface area contributed by atoms with Crippen LogP contribution in [0.15, 0.2) is 12.1 Å². The Morgan fingerprint density at radius 2 is 2.06 bits per heavy atom. The van der Waals surface area contributed by atoms with Crippen molar-refractivity contribution in [1.29, 1.82) is 0 Å². The Balaban J connectivity index is 2.88. The Bertz CT molecular complexity index is 627. The van der Waals surface area contributed by atoms with Crippen molar-refractivity contribution in [3.05, 3.63) is 29.0 Å². The number of esters is 1. The van der Waals surface area contributed by atoms with Gasteiger partial charge in [0.15, 0.2) is 6.29 Å². The van der Waals surface area contributed by atoms with E-state index in [0.717, 1.165) is 5.56 Å². The minimum atomic E-state index is -0.574. The first-order chi connectivity index (χ1) is 8.63. The molecule has 0 radical (unpaired) electrons. The van der Waals surface area contributed by atoms with Gasteiger partial charge in [-0.25, -0.2) is 4.79 Å². The molecule has 0 saturated carbocycles. The van der Waals surface area contributed by atoms with Crippen molar-refractivity contribution in [2.45, 2.75) is 6.92 Å². The first-order valence-corrected chi connectivity index (χ1v) is 5.36. The number of aromatic nitrogens is 1. The number of aryl methyl sites for hydroxylation is 1. The van der Waals surface area contributed by atoms with Crippen molar-refractivity contribution >= 4 is 23.2 Å². The molecule has 94 valence electrons. The fourth-order valence-corrected chi connectivity index (χ4v) is 1.98. The summed E-state index contributed by atoms with van der Waals surface area (Å²) >= 11 is 0. The smallest absolute Gasteiger partial charge is 0.355 e. The second kappa shape index (κ2) is 4.52. The Kier molecular flexibility index (Phi) is 3.06. The van der Waals surface area contributed by atoms with Gasteiger partial charge >= 0.3 is 5.97 Å². The number of carbonyl (C=O) groups excluding carboxylic acids is 2. The summed E-state index contributed by atoms with van der Waals surface area (Å²) in [7, 11) is 2.79. The predicted octanol–water partition coefficient (Wildman–Crippen LogP) is 2.08. The fraction of sp³-hybridized carbons (Fsp3) is 0.231. The lowest BCUT2D eigenvalue weighted by molar-refractivity contribution is 0.0593. The molecule has 1 aromatic carbocycles. The number of hydrogen-bond donors (Lipinski definition) is 1. The molecule has 2 aromatic rings. The largest absolute Gasteiger partial charge is 0.496 e.